The first kappa shape index (κ1) is 12.1. The summed E-state index contributed by atoms with van der Waals surface area (Å²) >= 11 is 5.10. The SMILES string of the molecule is C=CCOC(=O)CCC(=O)CNCl. The van der Waals surface area contributed by atoms with Gasteiger partial charge in [-0.15, -0.1) is 0 Å². The van der Waals surface area contributed by atoms with Gasteiger partial charge >= 0.3 is 5.97 Å². The first-order valence-electron chi connectivity index (χ1n) is 3.82. The van der Waals surface area contributed by atoms with Gasteiger partial charge in [0.15, 0.2) is 0 Å². The molecule has 0 saturated carbocycles. The Morgan fingerprint density at radius 1 is 1.46 bits per heavy atom. The van der Waals surface area contributed by atoms with Crippen LogP contribution in [0.4, 0.5) is 0 Å². The van der Waals surface area contributed by atoms with E-state index in [0.29, 0.717) is 0 Å². The minimum absolute atomic E-state index is 0.0658. The number of ketones is 1. The predicted molar refractivity (Wildman–Crippen MR) is 49.3 cm³/mol. The van der Waals surface area contributed by atoms with Crippen LogP contribution in [0.25, 0.3) is 0 Å². The van der Waals surface area contributed by atoms with E-state index in [0.717, 1.165) is 0 Å². The van der Waals surface area contributed by atoms with Crippen molar-refractivity contribution >= 4 is 23.5 Å². The van der Waals surface area contributed by atoms with Gasteiger partial charge in [0.2, 0.25) is 0 Å². The van der Waals surface area contributed by atoms with Gasteiger partial charge in [0, 0.05) is 6.42 Å². The van der Waals surface area contributed by atoms with Crippen LogP contribution in [0.1, 0.15) is 12.8 Å². The lowest BCUT2D eigenvalue weighted by Gasteiger charge is -2.00. The summed E-state index contributed by atoms with van der Waals surface area (Å²) in [6.45, 7) is 3.63. The van der Waals surface area contributed by atoms with Gasteiger partial charge in [-0.2, -0.15) is 0 Å². The van der Waals surface area contributed by atoms with Crippen molar-refractivity contribution in [3.63, 3.8) is 0 Å². The maximum absolute atomic E-state index is 10.8. The minimum Gasteiger partial charge on any atom is -0.461 e. The fraction of sp³-hybridized carbons (Fsp3) is 0.500. The average molecular weight is 206 g/mol. The molecule has 0 saturated heterocycles. The van der Waals surface area contributed by atoms with Crippen LogP contribution in [0.5, 0.6) is 0 Å². The van der Waals surface area contributed by atoms with E-state index in [-0.39, 0.29) is 31.8 Å². The predicted octanol–water partition coefficient (Wildman–Crippen LogP) is 0.808. The van der Waals surface area contributed by atoms with E-state index in [1.165, 1.54) is 6.08 Å². The Hall–Kier alpha value is -0.870. The summed E-state index contributed by atoms with van der Waals surface area (Å²) in [7, 11) is 0. The second-order valence-corrected chi connectivity index (χ2v) is 2.59. The number of ether oxygens (including phenoxy) is 1. The molecule has 13 heavy (non-hydrogen) atoms. The van der Waals surface area contributed by atoms with Crippen LogP contribution in [0.3, 0.4) is 0 Å². The molecule has 5 heteroatoms. The van der Waals surface area contributed by atoms with Crippen molar-refractivity contribution in [1.29, 1.82) is 0 Å². The number of hydrogen-bond acceptors (Lipinski definition) is 4. The summed E-state index contributed by atoms with van der Waals surface area (Å²) in [5.74, 6) is -0.520. The highest BCUT2D eigenvalue weighted by Gasteiger charge is 2.06. The molecule has 0 aromatic rings. The van der Waals surface area contributed by atoms with E-state index in [1.807, 2.05) is 0 Å². The molecule has 0 radical (unpaired) electrons. The second-order valence-electron chi connectivity index (χ2n) is 2.32. The maximum atomic E-state index is 10.8. The molecule has 0 rings (SSSR count). The molecule has 0 unspecified atom stereocenters. The van der Waals surface area contributed by atoms with Crippen LogP contribution < -0.4 is 4.84 Å². The Balaban J connectivity index is 3.45. The molecule has 0 spiro atoms. The van der Waals surface area contributed by atoms with Gasteiger partial charge in [-0.05, 0) is 11.8 Å². The Morgan fingerprint density at radius 3 is 2.69 bits per heavy atom. The molecule has 0 heterocycles. The van der Waals surface area contributed by atoms with E-state index in [9.17, 15) is 9.59 Å². The van der Waals surface area contributed by atoms with Gasteiger partial charge in [-0.1, -0.05) is 12.7 Å². The largest absolute Gasteiger partial charge is 0.461 e. The molecule has 0 atom stereocenters. The first-order chi connectivity index (χ1) is 6.20. The van der Waals surface area contributed by atoms with Crippen LogP contribution in [0, 0.1) is 0 Å². The minimum atomic E-state index is -0.400. The molecule has 0 aliphatic rings. The number of nitrogens with one attached hydrogen (secondary N) is 1. The highest BCUT2D eigenvalue weighted by Crippen LogP contribution is 1.94. The Kier molecular flexibility index (Phi) is 7.24. The molecule has 0 aliphatic heterocycles. The maximum Gasteiger partial charge on any atom is 0.306 e. The van der Waals surface area contributed by atoms with Gasteiger partial charge in [-0.25, -0.2) is 4.84 Å². The molecule has 4 nitrogen and oxygen atoms in total. The number of carbonyl (C=O) groups is 2. The normalized spacial score (nSPS) is 9.31. The van der Waals surface area contributed by atoms with Gasteiger partial charge < -0.3 is 4.74 Å². The summed E-state index contributed by atoms with van der Waals surface area (Å²) in [5, 5.41) is 0. The molecule has 0 fully saturated rings. The summed E-state index contributed by atoms with van der Waals surface area (Å²) in [6, 6.07) is 0. The van der Waals surface area contributed by atoms with Crippen LogP contribution in [-0.2, 0) is 14.3 Å². The lowest BCUT2D eigenvalue weighted by molar-refractivity contribution is -0.143. The fourth-order valence-corrected chi connectivity index (χ4v) is 0.777. The topological polar surface area (TPSA) is 55.4 Å². The second kappa shape index (κ2) is 7.76. The molecular formula is C8H12ClNO3. The number of rotatable bonds is 7. The standard InChI is InChI=1S/C8H12ClNO3/c1-2-5-13-8(12)4-3-7(11)6-10-9/h2,10H,1,3-6H2. The molecule has 0 aromatic heterocycles. The monoisotopic (exact) mass is 205 g/mol. The van der Waals surface area contributed by atoms with Crippen molar-refractivity contribution in [2.24, 2.45) is 0 Å². The zero-order valence-corrected chi connectivity index (χ0v) is 7.97. The number of carbonyl (C=O) groups excluding carboxylic acids is 2. The summed E-state index contributed by atoms with van der Waals surface area (Å²) in [6.07, 6.45) is 1.71. The van der Waals surface area contributed by atoms with E-state index in [1.54, 1.807) is 0 Å². The third kappa shape index (κ3) is 7.49. The number of Topliss-reactive ketones (excluding diaryl/α,β-unsaturated/α-hetero) is 1. The van der Waals surface area contributed by atoms with Crippen molar-refractivity contribution < 1.29 is 14.3 Å². The molecule has 74 valence electrons. The molecule has 0 bridgehead atoms. The zero-order valence-electron chi connectivity index (χ0n) is 7.22. The lowest BCUT2D eigenvalue weighted by atomic mass is 10.2. The van der Waals surface area contributed by atoms with Crippen LogP contribution >= 0.6 is 11.8 Å². The molecule has 0 amide bonds. The first-order valence-corrected chi connectivity index (χ1v) is 4.20. The highest BCUT2D eigenvalue weighted by atomic mass is 35.5. The van der Waals surface area contributed by atoms with E-state index < -0.39 is 5.97 Å². The number of halogens is 1. The van der Waals surface area contributed by atoms with E-state index in [4.69, 9.17) is 11.8 Å². The fourth-order valence-electron chi connectivity index (χ4n) is 0.628. The number of esters is 1. The molecular weight excluding hydrogens is 194 g/mol. The number of hydrogen-bond donors (Lipinski definition) is 1. The van der Waals surface area contributed by atoms with Gasteiger partial charge in [0.1, 0.15) is 12.4 Å². The Labute approximate surface area is 82.0 Å². The summed E-state index contributed by atoms with van der Waals surface area (Å²) in [5.41, 5.74) is 0. The van der Waals surface area contributed by atoms with E-state index >= 15 is 0 Å². The molecule has 0 aromatic carbocycles. The quantitative estimate of drug-likeness (QED) is 0.380. The summed E-state index contributed by atoms with van der Waals surface area (Å²) in [4.78, 5) is 23.9. The van der Waals surface area contributed by atoms with Crippen molar-refractivity contribution in [3.05, 3.63) is 12.7 Å². The van der Waals surface area contributed by atoms with Crippen molar-refractivity contribution in [3.8, 4) is 0 Å². The molecule has 0 aliphatic carbocycles. The van der Waals surface area contributed by atoms with Gasteiger partial charge in [-0.3, -0.25) is 9.59 Å². The average Bonchev–Trinajstić information content (AvgIpc) is 2.12. The van der Waals surface area contributed by atoms with E-state index in [2.05, 4.69) is 16.2 Å². The molecule has 1 N–H and O–H groups in total. The van der Waals surface area contributed by atoms with Crippen molar-refractivity contribution in [2.45, 2.75) is 12.8 Å². The zero-order chi connectivity index (χ0) is 10.1. The third-order valence-electron chi connectivity index (χ3n) is 1.23. The van der Waals surface area contributed by atoms with Gasteiger partial charge in [0.05, 0.1) is 13.0 Å². The van der Waals surface area contributed by atoms with Gasteiger partial charge in [0.25, 0.3) is 0 Å². The summed E-state index contributed by atoms with van der Waals surface area (Å²) < 4.78 is 4.66. The van der Waals surface area contributed by atoms with Crippen molar-refractivity contribution in [2.75, 3.05) is 13.2 Å². The lowest BCUT2D eigenvalue weighted by Crippen LogP contribution is -2.16. The Morgan fingerprint density at radius 2 is 2.15 bits per heavy atom. The van der Waals surface area contributed by atoms with Crippen LogP contribution in [-0.4, -0.2) is 24.9 Å². The van der Waals surface area contributed by atoms with Crippen LogP contribution in [0.2, 0.25) is 0 Å². The Bertz CT molecular complexity index is 194. The third-order valence-corrected chi connectivity index (χ3v) is 1.37. The smallest absolute Gasteiger partial charge is 0.306 e. The van der Waals surface area contributed by atoms with Crippen LogP contribution in [0.15, 0.2) is 12.7 Å². The van der Waals surface area contributed by atoms with Crippen molar-refractivity contribution in [1.82, 2.24) is 4.84 Å². The highest BCUT2D eigenvalue weighted by molar-refractivity contribution is 6.14.